The number of amides is 2. The van der Waals surface area contributed by atoms with Crippen molar-refractivity contribution in [3.63, 3.8) is 0 Å². The Morgan fingerprint density at radius 3 is 1.47 bits per heavy atom. The maximum atomic E-state index is 12.6. The fraction of sp³-hybridized carbons (Fsp3) is 0.358. The average Bonchev–Trinajstić information content (AvgIpc) is 4.01. The number of sulfone groups is 1. The molecule has 0 atom stereocenters. The number of carbonyl (C=O) groups excluding carboxylic acids is 2. The number of halogens is 2. The third-order valence-electron chi connectivity index (χ3n) is 12.0. The highest BCUT2D eigenvalue weighted by Gasteiger charge is 2.32. The van der Waals surface area contributed by atoms with Crippen LogP contribution in [-0.2, 0) is 19.3 Å². The highest BCUT2D eigenvalue weighted by Crippen LogP contribution is 2.39. The Labute approximate surface area is 458 Å². The first-order valence-electron chi connectivity index (χ1n) is 24.0. The minimum Gasteiger partial charge on any atom is -0.504 e. The van der Waals surface area contributed by atoms with E-state index in [2.05, 4.69) is 64.7 Å². The van der Waals surface area contributed by atoms with Crippen molar-refractivity contribution in [2.45, 2.75) is 95.7 Å². The van der Waals surface area contributed by atoms with Gasteiger partial charge in [0.05, 0.1) is 46.8 Å². The number of aromatic nitrogens is 8. The number of benzene rings is 3. The van der Waals surface area contributed by atoms with Crippen LogP contribution in [0.15, 0.2) is 115 Å². The number of aromatic hydroxyl groups is 1. The van der Waals surface area contributed by atoms with Crippen LogP contribution in [0, 0.1) is 7.14 Å². The molecule has 0 unspecified atom stereocenters. The molecule has 74 heavy (non-hydrogen) atoms. The molecule has 2 amide bonds. The number of phenolic OH excluding ortho intramolecular Hbond substituents is 1. The summed E-state index contributed by atoms with van der Waals surface area (Å²) in [4.78, 5) is 55.4. The Kier molecular flexibility index (Phi) is 16.6. The molecule has 21 heteroatoms. The first-order chi connectivity index (χ1) is 35.1. The van der Waals surface area contributed by atoms with Crippen LogP contribution in [0.2, 0.25) is 0 Å². The standard InChI is InChI=1S/C29H30IN5O4.C24H28IN5O4S/c1-29(2,3)39-28(37)34-16-13-21(14-17-34)35-18-32-25(19-8-10-20(30)11-9-19)26(35)22-12-15-31-27(33-22)38-24-7-5-4-6-23(24)36;1-24(2,3)34-23(31)29-13-10-18(11-14-29)30-15-27-20(16-5-7-17(25)8-6-16)21(30)19-9-12-26-22(28-19)35(4,32)33/h4-12,15,18,21,36H,13-14,16-17H2,1-3H3;5-9,12,15,18H,10-11,13-14H2,1-4H3. The number of hydrogen-bond acceptors (Lipinski definition) is 14. The van der Waals surface area contributed by atoms with E-state index in [1.807, 2.05) is 107 Å². The van der Waals surface area contributed by atoms with E-state index in [0.717, 1.165) is 54.4 Å². The van der Waals surface area contributed by atoms with Crippen molar-refractivity contribution >= 4 is 67.2 Å². The molecule has 2 saturated heterocycles. The van der Waals surface area contributed by atoms with E-state index in [0.29, 0.717) is 56.1 Å². The number of rotatable bonds is 9. The number of para-hydroxylation sites is 2. The van der Waals surface area contributed by atoms with Crippen LogP contribution in [0.4, 0.5) is 9.59 Å². The lowest BCUT2D eigenvalue weighted by molar-refractivity contribution is 0.0178. The number of carbonyl (C=O) groups is 2. The molecule has 7 aromatic rings. The minimum atomic E-state index is -3.58. The number of nitrogens with zero attached hydrogens (tertiary/aromatic N) is 10. The zero-order chi connectivity index (χ0) is 53.0. The summed E-state index contributed by atoms with van der Waals surface area (Å²) in [5.41, 5.74) is 5.03. The van der Waals surface area contributed by atoms with Gasteiger partial charge in [-0.25, -0.2) is 42.9 Å². The van der Waals surface area contributed by atoms with Crippen LogP contribution in [0.25, 0.3) is 45.3 Å². The van der Waals surface area contributed by atoms with E-state index in [-0.39, 0.29) is 46.9 Å². The predicted molar refractivity (Wildman–Crippen MR) is 296 cm³/mol. The van der Waals surface area contributed by atoms with Crippen molar-refractivity contribution in [3.8, 4) is 62.8 Å². The van der Waals surface area contributed by atoms with E-state index < -0.39 is 21.0 Å². The van der Waals surface area contributed by atoms with Crippen LogP contribution in [-0.4, -0.2) is 118 Å². The van der Waals surface area contributed by atoms with Gasteiger partial charge >= 0.3 is 18.2 Å². The number of imidazole rings is 2. The maximum Gasteiger partial charge on any atom is 0.410 e. The second-order valence-corrected chi connectivity index (χ2v) is 24.3. The first-order valence-corrected chi connectivity index (χ1v) is 28.1. The minimum absolute atomic E-state index is 0.00729. The molecule has 0 saturated carbocycles. The van der Waals surface area contributed by atoms with Crippen LogP contribution >= 0.6 is 45.2 Å². The van der Waals surface area contributed by atoms with Crippen molar-refractivity contribution in [1.82, 2.24) is 48.8 Å². The molecule has 2 aliphatic rings. The number of likely N-dealkylation sites (tertiary alicyclic amines) is 2. The largest absolute Gasteiger partial charge is 0.504 e. The molecule has 2 fully saturated rings. The lowest BCUT2D eigenvalue weighted by Crippen LogP contribution is -2.42. The monoisotopic (exact) mass is 1250 g/mol. The third kappa shape index (κ3) is 13.5. The third-order valence-corrected chi connectivity index (χ3v) is 14.3. The van der Waals surface area contributed by atoms with Gasteiger partial charge in [0.1, 0.15) is 11.2 Å². The van der Waals surface area contributed by atoms with Crippen molar-refractivity contribution in [1.29, 1.82) is 0 Å². The Hall–Kier alpha value is -6.21. The zero-order valence-electron chi connectivity index (χ0n) is 42.1. The molecule has 9 rings (SSSR count). The van der Waals surface area contributed by atoms with E-state index in [1.54, 1.807) is 52.7 Å². The Balaban J connectivity index is 0.000000198. The van der Waals surface area contributed by atoms with Gasteiger partial charge in [0, 0.05) is 75.2 Å². The molecule has 1 N–H and O–H groups in total. The lowest BCUT2D eigenvalue weighted by Gasteiger charge is -2.34. The number of hydrogen-bond donors (Lipinski definition) is 1. The number of ether oxygens (including phenoxy) is 3. The van der Waals surface area contributed by atoms with Crippen LogP contribution < -0.4 is 4.74 Å². The van der Waals surface area contributed by atoms with Gasteiger partial charge in [0.15, 0.2) is 11.5 Å². The molecular formula is C53H58I2N10O8S. The number of phenols is 1. The van der Waals surface area contributed by atoms with Gasteiger partial charge in [-0.2, -0.15) is 4.98 Å². The molecule has 0 aliphatic carbocycles. The van der Waals surface area contributed by atoms with Crippen molar-refractivity contribution < 1.29 is 37.3 Å². The summed E-state index contributed by atoms with van der Waals surface area (Å²) in [5, 5.41) is 9.92. The van der Waals surface area contributed by atoms with Gasteiger partial charge in [-0.1, -0.05) is 36.4 Å². The lowest BCUT2D eigenvalue weighted by atomic mass is 10.0. The molecule has 18 nitrogen and oxygen atoms in total. The summed E-state index contributed by atoms with van der Waals surface area (Å²) in [7, 11) is -3.58. The van der Waals surface area contributed by atoms with Gasteiger partial charge in [0.2, 0.25) is 15.0 Å². The van der Waals surface area contributed by atoms with Crippen LogP contribution in [0.3, 0.4) is 0 Å². The summed E-state index contributed by atoms with van der Waals surface area (Å²) in [6, 6.07) is 26.7. The van der Waals surface area contributed by atoms with E-state index in [4.69, 9.17) is 29.2 Å². The molecular weight excluding hydrogens is 1190 g/mol. The van der Waals surface area contributed by atoms with Gasteiger partial charge in [0.25, 0.3) is 0 Å². The fourth-order valence-corrected chi connectivity index (χ4v) is 9.78. The molecule has 3 aromatic carbocycles. The van der Waals surface area contributed by atoms with E-state index >= 15 is 0 Å². The van der Waals surface area contributed by atoms with Crippen molar-refractivity contribution in [2.24, 2.45) is 0 Å². The molecule has 6 heterocycles. The SMILES string of the molecule is CC(C)(C)OC(=O)N1CCC(n2cnc(-c3ccc(I)cc3)c2-c2ccnc(Oc3ccccc3O)n2)CC1.CC(C)(C)OC(=O)N1CCC(n2cnc(-c3ccc(I)cc3)c2-c2ccnc(S(C)(=O)=O)n2)CC1. The molecule has 388 valence electrons. The summed E-state index contributed by atoms with van der Waals surface area (Å²) in [6.45, 7) is 13.5. The highest BCUT2D eigenvalue weighted by molar-refractivity contribution is 14.1. The average molecular weight is 1250 g/mol. The molecule has 4 aromatic heterocycles. The fourth-order valence-electron chi connectivity index (χ4n) is 8.54. The summed E-state index contributed by atoms with van der Waals surface area (Å²) >= 11 is 4.53. The normalized spacial score (nSPS) is 14.8. The molecule has 0 bridgehead atoms. The smallest absolute Gasteiger partial charge is 0.410 e. The van der Waals surface area contributed by atoms with Crippen molar-refractivity contribution in [2.75, 3.05) is 32.4 Å². The van der Waals surface area contributed by atoms with Gasteiger partial charge in [-0.3, -0.25) is 0 Å². The Bertz CT molecular complexity index is 3210. The predicted octanol–water partition coefficient (Wildman–Crippen LogP) is 11.3. The quantitative estimate of drug-likeness (QED) is 0.105. The maximum absolute atomic E-state index is 12.6. The summed E-state index contributed by atoms with van der Waals surface area (Å²) in [5.74, 6) is 0.281. The van der Waals surface area contributed by atoms with Gasteiger partial charge in [-0.05, 0) is 161 Å². The van der Waals surface area contributed by atoms with Crippen molar-refractivity contribution in [3.05, 3.63) is 117 Å². The van der Waals surface area contributed by atoms with Gasteiger partial charge in [-0.15, -0.1) is 0 Å². The molecule has 0 radical (unpaired) electrons. The topological polar surface area (TPSA) is 210 Å². The molecule has 0 spiro atoms. The first kappa shape index (κ1) is 54.1. The van der Waals surface area contributed by atoms with E-state index in [9.17, 15) is 23.1 Å². The second kappa shape index (κ2) is 22.7. The Morgan fingerprint density at radius 2 is 1.04 bits per heavy atom. The van der Waals surface area contributed by atoms with Crippen LogP contribution in [0.5, 0.6) is 17.5 Å². The summed E-state index contributed by atoms with van der Waals surface area (Å²) in [6.07, 6.45) is 10.1. The Morgan fingerprint density at radius 1 is 0.608 bits per heavy atom. The summed E-state index contributed by atoms with van der Waals surface area (Å²) < 4.78 is 47.6. The van der Waals surface area contributed by atoms with E-state index in [1.165, 1.54) is 6.20 Å². The zero-order valence-corrected chi connectivity index (χ0v) is 47.3. The van der Waals surface area contributed by atoms with Gasteiger partial charge < -0.3 is 38.3 Å². The molecule has 2 aliphatic heterocycles. The highest BCUT2D eigenvalue weighted by atomic mass is 127. The second-order valence-electron chi connectivity index (χ2n) is 19.9. The van der Waals surface area contributed by atoms with Crippen LogP contribution in [0.1, 0.15) is 79.3 Å². The number of piperidine rings is 2.